The molecule has 2 rings (SSSR count). The fourth-order valence-electron chi connectivity index (χ4n) is 1.29. The van der Waals surface area contributed by atoms with Gasteiger partial charge in [0.05, 0.1) is 19.8 Å². The molecule has 6 heteroatoms. The van der Waals surface area contributed by atoms with Crippen LogP contribution in [0.15, 0.2) is 23.6 Å². The second kappa shape index (κ2) is 5.32. The first-order valence-electron chi connectivity index (χ1n) is 4.75. The summed E-state index contributed by atoms with van der Waals surface area (Å²) in [4.78, 5) is 16.0. The zero-order chi connectivity index (χ0) is 12.4. The highest BCUT2D eigenvalue weighted by molar-refractivity contribution is 14.1. The topological polar surface area (TPSA) is 42.0 Å². The Morgan fingerprint density at radius 3 is 2.88 bits per heavy atom. The predicted molar refractivity (Wildman–Crippen MR) is 79.0 cm³/mol. The van der Waals surface area contributed by atoms with Crippen molar-refractivity contribution in [2.24, 2.45) is 0 Å². The van der Waals surface area contributed by atoms with Crippen molar-refractivity contribution in [2.75, 3.05) is 5.32 Å². The van der Waals surface area contributed by atoms with E-state index in [1.165, 1.54) is 11.3 Å². The molecule has 0 aliphatic heterocycles. The summed E-state index contributed by atoms with van der Waals surface area (Å²) in [6.07, 6.45) is 0. The van der Waals surface area contributed by atoms with Crippen LogP contribution in [0, 0.1) is 9.81 Å². The van der Waals surface area contributed by atoms with Gasteiger partial charge in [-0.3, -0.25) is 4.79 Å². The molecule has 0 spiro atoms. The Hall–Kier alpha value is -0.660. The molecule has 3 nitrogen and oxygen atoms in total. The van der Waals surface area contributed by atoms with Gasteiger partial charge in [0.2, 0.25) is 0 Å². The van der Waals surface area contributed by atoms with E-state index in [0.29, 0.717) is 22.1 Å². The number of amides is 1. The van der Waals surface area contributed by atoms with Crippen molar-refractivity contribution in [1.29, 1.82) is 0 Å². The molecule has 0 saturated heterocycles. The number of thiophene rings is 1. The SMILES string of the molecule is Cc1nc(Cl)ccc1NC(=O)c1csc(I)c1. The Labute approximate surface area is 121 Å². The summed E-state index contributed by atoms with van der Waals surface area (Å²) in [5, 5.41) is 5.06. The number of carbonyl (C=O) groups is 1. The van der Waals surface area contributed by atoms with Crippen molar-refractivity contribution in [3.8, 4) is 0 Å². The third-order valence-electron chi connectivity index (χ3n) is 2.13. The number of nitrogens with one attached hydrogen (secondary N) is 1. The van der Waals surface area contributed by atoms with Crippen LogP contribution in [-0.4, -0.2) is 10.9 Å². The largest absolute Gasteiger partial charge is 0.320 e. The molecule has 0 unspecified atom stereocenters. The number of pyridine rings is 1. The zero-order valence-corrected chi connectivity index (χ0v) is 12.6. The standard InChI is InChI=1S/C11H8ClIN2OS/c1-6-8(2-3-9(12)14-6)15-11(16)7-4-10(13)17-5-7/h2-5H,1H3,(H,15,16). The number of anilines is 1. The minimum Gasteiger partial charge on any atom is -0.320 e. The first-order chi connectivity index (χ1) is 8.06. The number of nitrogens with zero attached hydrogens (tertiary/aromatic N) is 1. The van der Waals surface area contributed by atoms with E-state index in [0.717, 1.165) is 2.88 Å². The van der Waals surface area contributed by atoms with E-state index in [1.807, 2.05) is 11.4 Å². The van der Waals surface area contributed by atoms with Crippen LogP contribution in [0.25, 0.3) is 0 Å². The van der Waals surface area contributed by atoms with Gasteiger partial charge in [0.15, 0.2) is 0 Å². The van der Waals surface area contributed by atoms with Crippen LogP contribution in [0.4, 0.5) is 5.69 Å². The number of hydrogen-bond acceptors (Lipinski definition) is 3. The summed E-state index contributed by atoms with van der Waals surface area (Å²) < 4.78 is 1.08. The fourth-order valence-corrected chi connectivity index (χ4v) is 2.80. The molecular weight excluding hydrogens is 371 g/mol. The first-order valence-corrected chi connectivity index (χ1v) is 7.08. The molecule has 88 valence electrons. The van der Waals surface area contributed by atoms with E-state index in [4.69, 9.17) is 11.6 Å². The van der Waals surface area contributed by atoms with Crippen LogP contribution in [0.3, 0.4) is 0 Å². The van der Waals surface area contributed by atoms with Gasteiger partial charge in [0.1, 0.15) is 5.15 Å². The summed E-state index contributed by atoms with van der Waals surface area (Å²) in [5.41, 5.74) is 2.05. The zero-order valence-electron chi connectivity index (χ0n) is 8.83. The average molecular weight is 379 g/mol. The molecule has 1 N–H and O–H groups in total. The number of halogens is 2. The number of rotatable bonds is 2. The van der Waals surface area contributed by atoms with Crippen molar-refractivity contribution in [2.45, 2.75) is 6.92 Å². The second-order valence-corrected chi connectivity index (χ2v) is 6.55. The van der Waals surface area contributed by atoms with Gasteiger partial charge in [-0.05, 0) is 47.7 Å². The third-order valence-corrected chi connectivity index (χ3v) is 4.13. The number of aryl methyl sites for hydroxylation is 1. The molecule has 0 radical (unpaired) electrons. The summed E-state index contributed by atoms with van der Waals surface area (Å²) in [5.74, 6) is -0.128. The Morgan fingerprint density at radius 1 is 1.53 bits per heavy atom. The molecule has 0 aliphatic rings. The number of carbonyl (C=O) groups excluding carboxylic acids is 1. The third kappa shape index (κ3) is 3.17. The Kier molecular flexibility index (Phi) is 4.01. The maximum atomic E-state index is 11.9. The molecule has 1 amide bonds. The molecular formula is C11H8ClIN2OS. The van der Waals surface area contributed by atoms with Crippen LogP contribution in [0.2, 0.25) is 5.15 Å². The second-order valence-electron chi connectivity index (χ2n) is 3.36. The minimum absolute atomic E-state index is 0.128. The molecule has 0 fully saturated rings. The highest BCUT2D eigenvalue weighted by Gasteiger charge is 2.10. The smallest absolute Gasteiger partial charge is 0.256 e. The average Bonchev–Trinajstić information content (AvgIpc) is 2.69. The van der Waals surface area contributed by atoms with Gasteiger partial charge in [0, 0.05) is 5.38 Å². The van der Waals surface area contributed by atoms with E-state index in [1.54, 1.807) is 19.1 Å². The lowest BCUT2D eigenvalue weighted by Gasteiger charge is -2.06. The van der Waals surface area contributed by atoms with Crippen molar-refractivity contribution >= 4 is 57.1 Å². The van der Waals surface area contributed by atoms with Gasteiger partial charge >= 0.3 is 0 Å². The highest BCUT2D eigenvalue weighted by Crippen LogP contribution is 2.20. The van der Waals surface area contributed by atoms with Gasteiger partial charge < -0.3 is 5.32 Å². The number of hydrogen-bond donors (Lipinski definition) is 1. The van der Waals surface area contributed by atoms with E-state index in [2.05, 4.69) is 32.9 Å². The van der Waals surface area contributed by atoms with Gasteiger partial charge in [-0.1, -0.05) is 11.6 Å². The van der Waals surface area contributed by atoms with Crippen molar-refractivity contribution in [3.05, 3.63) is 42.9 Å². The summed E-state index contributed by atoms with van der Waals surface area (Å²) >= 11 is 9.47. The van der Waals surface area contributed by atoms with Crippen molar-refractivity contribution in [3.63, 3.8) is 0 Å². The van der Waals surface area contributed by atoms with Gasteiger partial charge in [0.25, 0.3) is 5.91 Å². The lowest BCUT2D eigenvalue weighted by Crippen LogP contribution is -2.12. The molecule has 2 heterocycles. The summed E-state index contributed by atoms with van der Waals surface area (Å²) in [7, 11) is 0. The van der Waals surface area contributed by atoms with Gasteiger partial charge in [-0.25, -0.2) is 4.98 Å². The van der Waals surface area contributed by atoms with Crippen LogP contribution in [0.5, 0.6) is 0 Å². The molecule has 0 aliphatic carbocycles. The lowest BCUT2D eigenvalue weighted by molar-refractivity contribution is 0.102. The molecule has 2 aromatic heterocycles. The summed E-state index contributed by atoms with van der Waals surface area (Å²) in [6.45, 7) is 1.80. The number of aromatic nitrogens is 1. The van der Waals surface area contributed by atoms with E-state index >= 15 is 0 Å². The Bertz CT molecular complexity index is 570. The Morgan fingerprint density at radius 2 is 2.29 bits per heavy atom. The maximum absolute atomic E-state index is 11.9. The highest BCUT2D eigenvalue weighted by atomic mass is 127. The van der Waals surface area contributed by atoms with Crippen molar-refractivity contribution < 1.29 is 4.79 Å². The van der Waals surface area contributed by atoms with E-state index in [9.17, 15) is 4.79 Å². The van der Waals surface area contributed by atoms with E-state index in [-0.39, 0.29) is 5.91 Å². The monoisotopic (exact) mass is 378 g/mol. The van der Waals surface area contributed by atoms with E-state index < -0.39 is 0 Å². The molecule has 0 bridgehead atoms. The molecule has 0 aromatic carbocycles. The molecule has 17 heavy (non-hydrogen) atoms. The molecule has 0 saturated carbocycles. The maximum Gasteiger partial charge on any atom is 0.256 e. The van der Waals surface area contributed by atoms with Crippen molar-refractivity contribution in [1.82, 2.24) is 4.98 Å². The summed E-state index contributed by atoms with van der Waals surface area (Å²) in [6, 6.07) is 5.25. The van der Waals surface area contributed by atoms with Gasteiger partial charge in [-0.15, -0.1) is 11.3 Å². The molecule has 2 aromatic rings. The lowest BCUT2D eigenvalue weighted by atomic mass is 10.2. The van der Waals surface area contributed by atoms with Crippen LogP contribution >= 0.6 is 45.5 Å². The Balaban J connectivity index is 2.18. The normalized spacial score (nSPS) is 10.3. The minimum atomic E-state index is -0.128. The predicted octanol–water partition coefficient (Wildman–Crippen LogP) is 3.96. The molecule has 0 atom stereocenters. The quantitative estimate of drug-likeness (QED) is 0.635. The van der Waals surface area contributed by atoms with Crippen LogP contribution in [-0.2, 0) is 0 Å². The van der Waals surface area contributed by atoms with Crippen LogP contribution in [0.1, 0.15) is 16.1 Å². The van der Waals surface area contributed by atoms with Gasteiger partial charge in [-0.2, -0.15) is 0 Å². The van der Waals surface area contributed by atoms with Crippen LogP contribution < -0.4 is 5.32 Å². The fraction of sp³-hybridized carbons (Fsp3) is 0.0909. The first kappa shape index (κ1) is 12.8.